The van der Waals surface area contributed by atoms with Crippen LogP contribution >= 0.6 is 0 Å². The van der Waals surface area contributed by atoms with Gasteiger partial charge in [0.1, 0.15) is 13.2 Å². The van der Waals surface area contributed by atoms with Gasteiger partial charge in [-0.2, -0.15) is 0 Å². The summed E-state index contributed by atoms with van der Waals surface area (Å²) in [6.07, 6.45) is 56.5. The van der Waals surface area contributed by atoms with Crippen LogP contribution in [0.4, 0.5) is 0 Å². The van der Waals surface area contributed by atoms with Gasteiger partial charge < -0.3 is 28.5 Å². The zero-order chi connectivity index (χ0) is 49.2. The third-order valence-corrected chi connectivity index (χ3v) is 12.4. The van der Waals surface area contributed by atoms with E-state index in [0.29, 0.717) is 23.9 Å². The number of carboxylic acid groups (broad SMARTS) is 1. The Labute approximate surface area is 413 Å². The second-order valence-electron chi connectivity index (χ2n) is 20.2. The van der Waals surface area contributed by atoms with Crippen LogP contribution in [0.25, 0.3) is 0 Å². The fourth-order valence-electron chi connectivity index (χ4n) is 8.09. The van der Waals surface area contributed by atoms with Crippen molar-refractivity contribution in [1.82, 2.24) is 0 Å². The van der Waals surface area contributed by atoms with Crippen molar-refractivity contribution in [3.8, 4) is 0 Å². The maximum absolute atomic E-state index is 12.8. The molecule has 0 spiro atoms. The molecule has 0 aliphatic carbocycles. The molecule has 0 fully saturated rings. The van der Waals surface area contributed by atoms with Crippen molar-refractivity contribution < 1.29 is 42.9 Å². The molecule has 0 saturated carbocycles. The summed E-state index contributed by atoms with van der Waals surface area (Å²) in [7, 11) is 5.97. The van der Waals surface area contributed by atoms with Gasteiger partial charge in [0.25, 0.3) is 6.29 Å². The minimum Gasteiger partial charge on any atom is -0.477 e. The number of hydrogen-bond acceptors (Lipinski definition) is 7. The molecule has 0 heterocycles. The van der Waals surface area contributed by atoms with Gasteiger partial charge in [-0.15, -0.1) is 0 Å². The Kier molecular flexibility index (Phi) is 48.1. The third kappa shape index (κ3) is 51.2. The summed E-state index contributed by atoms with van der Waals surface area (Å²) in [5, 5.41) is 9.69. The Bertz CT molecular complexity index is 1190. The lowest BCUT2D eigenvalue weighted by atomic mass is 10.0. The lowest BCUT2D eigenvalue weighted by molar-refractivity contribution is -0.870. The minimum absolute atomic E-state index is 0.183. The average molecular weight is 948 g/mol. The summed E-state index contributed by atoms with van der Waals surface area (Å²) in [6.45, 7) is 4.79. The first-order valence-corrected chi connectivity index (χ1v) is 28.2. The number of rotatable bonds is 52. The van der Waals surface area contributed by atoms with Gasteiger partial charge in [-0.25, -0.2) is 4.79 Å². The molecule has 0 aromatic carbocycles. The number of quaternary nitrogens is 1. The zero-order valence-corrected chi connectivity index (χ0v) is 44.6. The minimum atomic E-state index is -1.51. The average Bonchev–Trinajstić information content (AvgIpc) is 3.29. The molecule has 0 saturated heterocycles. The summed E-state index contributed by atoms with van der Waals surface area (Å²) in [5.74, 6) is -2.01. The molecular formula is C58H108NO8+. The van der Waals surface area contributed by atoms with Crippen molar-refractivity contribution in [1.29, 1.82) is 0 Å². The highest BCUT2D eigenvalue weighted by Crippen LogP contribution is 2.17. The van der Waals surface area contributed by atoms with E-state index in [1.54, 1.807) is 0 Å². The van der Waals surface area contributed by atoms with Crippen LogP contribution in [0.1, 0.15) is 258 Å². The van der Waals surface area contributed by atoms with Crippen molar-refractivity contribution >= 4 is 17.9 Å². The van der Waals surface area contributed by atoms with Crippen LogP contribution in [0.2, 0.25) is 0 Å². The molecule has 392 valence electrons. The van der Waals surface area contributed by atoms with Crippen LogP contribution in [-0.2, 0) is 33.3 Å². The molecule has 2 unspecified atom stereocenters. The lowest BCUT2D eigenvalue weighted by Crippen LogP contribution is -2.40. The Morgan fingerprint density at radius 3 is 1.27 bits per heavy atom. The highest BCUT2D eigenvalue weighted by molar-refractivity contribution is 5.71. The second-order valence-corrected chi connectivity index (χ2v) is 20.2. The molecular weight excluding hydrogens is 839 g/mol. The zero-order valence-electron chi connectivity index (χ0n) is 44.6. The molecule has 0 rings (SSSR count). The van der Waals surface area contributed by atoms with Crippen LogP contribution in [0.3, 0.4) is 0 Å². The van der Waals surface area contributed by atoms with Crippen molar-refractivity contribution in [3.05, 3.63) is 36.5 Å². The Balaban J connectivity index is 4.20. The molecule has 0 aromatic rings. The summed E-state index contributed by atoms with van der Waals surface area (Å²) in [5.41, 5.74) is 0. The first-order valence-electron chi connectivity index (χ1n) is 28.2. The van der Waals surface area contributed by atoms with Gasteiger partial charge in [0.05, 0.1) is 34.4 Å². The number of likely N-dealkylation sites (N-methyl/N-ethyl adjacent to an activating group) is 1. The largest absolute Gasteiger partial charge is 0.477 e. The second kappa shape index (κ2) is 49.9. The van der Waals surface area contributed by atoms with Crippen LogP contribution in [0.15, 0.2) is 36.5 Å². The predicted molar refractivity (Wildman–Crippen MR) is 281 cm³/mol. The summed E-state index contributed by atoms with van der Waals surface area (Å²) in [6, 6.07) is 0. The highest BCUT2D eigenvalue weighted by atomic mass is 16.7. The number of hydrogen-bond donors (Lipinski definition) is 1. The fourth-order valence-corrected chi connectivity index (χ4v) is 8.09. The molecule has 9 nitrogen and oxygen atoms in total. The molecule has 2 atom stereocenters. The monoisotopic (exact) mass is 947 g/mol. The van der Waals surface area contributed by atoms with E-state index in [1.165, 1.54) is 161 Å². The van der Waals surface area contributed by atoms with Crippen molar-refractivity contribution in [2.45, 2.75) is 270 Å². The molecule has 0 bridgehead atoms. The van der Waals surface area contributed by atoms with Gasteiger partial charge in [-0.05, 0) is 44.9 Å². The van der Waals surface area contributed by atoms with Crippen LogP contribution in [0, 0.1) is 0 Å². The Morgan fingerprint density at radius 2 is 0.851 bits per heavy atom. The number of aliphatic carboxylic acids is 1. The van der Waals surface area contributed by atoms with Crippen molar-refractivity contribution in [2.24, 2.45) is 0 Å². The maximum atomic E-state index is 12.8. The number of carbonyl (C=O) groups excluding carboxylic acids is 2. The van der Waals surface area contributed by atoms with E-state index in [0.717, 1.165) is 64.2 Å². The quantitative estimate of drug-likeness (QED) is 0.0211. The van der Waals surface area contributed by atoms with E-state index < -0.39 is 24.3 Å². The number of carboxylic acids is 1. The number of carbonyl (C=O) groups is 3. The standard InChI is InChI=1S/C58H107NO8/c1-6-8-10-12-14-16-18-20-22-24-25-26-27-28-29-30-31-33-34-36-38-40-42-44-46-48-55(60)65-52-54(53-66-58(57(62)63)64-51-50-59(3,4)5)67-56(61)49-47-45-43-41-39-37-35-32-23-21-19-17-15-13-11-9-7-2/h9,11,15,17,21,23,54,58H,6-8,10,12-14,16,18-20,22,24-53H2,1-5H3/p+1/b11-9-,17-15-,23-21-. The maximum Gasteiger partial charge on any atom is 0.361 e. The van der Waals surface area contributed by atoms with Gasteiger partial charge >= 0.3 is 17.9 Å². The van der Waals surface area contributed by atoms with Gasteiger partial charge in [-0.3, -0.25) is 9.59 Å². The van der Waals surface area contributed by atoms with Crippen LogP contribution in [0.5, 0.6) is 0 Å². The summed E-state index contributed by atoms with van der Waals surface area (Å²) >= 11 is 0. The lowest BCUT2D eigenvalue weighted by Gasteiger charge is -2.25. The van der Waals surface area contributed by atoms with E-state index >= 15 is 0 Å². The first kappa shape index (κ1) is 64.5. The summed E-state index contributed by atoms with van der Waals surface area (Å²) < 4.78 is 22.9. The third-order valence-electron chi connectivity index (χ3n) is 12.4. The van der Waals surface area contributed by atoms with E-state index in [-0.39, 0.29) is 32.2 Å². The van der Waals surface area contributed by atoms with Gasteiger partial charge in [0.15, 0.2) is 6.10 Å². The normalized spacial score (nSPS) is 13.0. The smallest absolute Gasteiger partial charge is 0.361 e. The Hall–Kier alpha value is -2.49. The topological polar surface area (TPSA) is 108 Å². The number of unbranched alkanes of at least 4 members (excludes halogenated alkanes) is 31. The SMILES string of the molecule is CC/C=C\C/C=C\C/C=C\CCCCCCCCCC(=O)OC(COC(=O)CCCCCCCCCCCCCCCCCCCCCCCCCCC)COC(OCC[N+](C)(C)C)C(=O)O. The number of esters is 2. The molecule has 0 aliphatic rings. The molecule has 1 N–H and O–H groups in total. The number of ether oxygens (including phenoxy) is 4. The highest BCUT2D eigenvalue weighted by Gasteiger charge is 2.25. The van der Waals surface area contributed by atoms with Crippen LogP contribution in [-0.4, -0.2) is 87.4 Å². The van der Waals surface area contributed by atoms with E-state index in [1.807, 2.05) is 21.1 Å². The molecule has 0 radical (unpaired) electrons. The van der Waals surface area contributed by atoms with E-state index in [9.17, 15) is 19.5 Å². The van der Waals surface area contributed by atoms with Crippen LogP contribution < -0.4 is 0 Å². The van der Waals surface area contributed by atoms with Gasteiger partial charge in [0, 0.05) is 12.8 Å². The number of nitrogens with zero attached hydrogens (tertiary/aromatic N) is 1. The van der Waals surface area contributed by atoms with Crippen molar-refractivity contribution in [3.63, 3.8) is 0 Å². The number of allylic oxidation sites excluding steroid dienone is 6. The first-order chi connectivity index (χ1) is 32.6. The van der Waals surface area contributed by atoms with Crippen molar-refractivity contribution in [2.75, 3.05) is 47.5 Å². The molecule has 9 heteroatoms. The molecule has 0 amide bonds. The van der Waals surface area contributed by atoms with Gasteiger partial charge in [0.2, 0.25) is 0 Å². The van der Waals surface area contributed by atoms with E-state index in [2.05, 4.69) is 50.3 Å². The molecule has 67 heavy (non-hydrogen) atoms. The Morgan fingerprint density at radius 1 is 0.463 bits per heavy atom. The molecule has 0 aromatic heterocycles. The van der Waals surface area contributed by atoms with Gasteiger partial charge in [-0.1, -0.05) is 237 Å². The predicted octanol–water partition coefficient (Wildman–Crippen LogP) is 16.1. The van der Waals surface area contributed by atoms with E-state index in [4.69, 9.17) is 18.9 Å². The summed E-state index contributed by atoms with van der Waals surface area (Å²) in [4.78, 5) is 37.4. The molecule has 0 aliphatic heterocycles. The fraction of sp³-hybridized carbons (Fsp3) is 0.845.